The molecule has 0 unspecified atom stereocenters. The number of thiocarbonyl (C=S) groups is 1. The van der Waals surface area contributed by atoms with Crippen molar-refractivity contribution in [2.45, 2.75) is 6.92 Å². The van der Waals surface area contributed by atoms with Gasteiger partial charge in [0.1, 0.15) is 0 Å². The molecule has 0 saturated heterocycles. The van der Waals surface area contributed by atoms with Crippen molar-refractivity contribution in [2.24, 2.45) is 0 Å². The second-order valence-electron chi connectivity index (χ2n) is 4.49. The minimum Gasteiger partial charge on any atom is -0.449 e. The highest BCUT2D eigenvalue weighted by molar-refractivity contribution is 7.80. The molecule has 0 aliphatic heterocycles. The highest BCUT2D eigenvalue weighted by Gasteiger charge is 2.21. The van der Waals surface area contributed by atoms with Crippen LogP contribution in [-0.4, -0.2) is 17.8 Å². The topological polar surface area (TPSA) is 65.4 Å². The number of anilines is 2. The molecule has 0 radical (unpaired) electrons. The van der Waals surface area contributed by atoms with E-state index in [9.17, 15) is 4.79 Å². The molecule has 0 spiro atoms. The predicted octanol–water partition coefficient (Wildman–Crippen LogP) is 3.92. The van der Waals surface area contributed by atoms with Crippen LogP contribution < -0.4 is 10.2 Å². The lowest BCUT2D eigenvalue weighted by Crippen LogP contribution is -2.40. The van der Waals surface area contributed by atoms with Gasteiger partial charge in [0, 0.05) is 5.69 Å². The van der Waals surface area contributed by atoms with Crippen LogP contribution in [0.15, 0.2) is 54.6 Å². The number of nitrogens with one attached hydrogen (secondary N) is 1. The average molecular weight is 325 g/mol. The number of rotatable bonds is 3. The molecule has 0 heterocycles. The van der Waals surface area contributed by atoms with E-state index in [1.807, 2.05) is 24.3 Å². The van der Waals surface area contributed by atoms with Crippen LogP contribution in [0.25, 0.3) is 0 Å². The molecule has 6 heteroatoms. The summed E-state index contributed by atoms with van der Waals surface area (Å²) in [6.45, 7) is 1.99. The summed E-state index contributed by atoms with van der Waals surface area (Å²) in [4.78, 5) is 13.5. The van der Waals surface area contributed by atoms with Crippen molar-refractivity contribution in [1.82, 2.24) is 0 Å². The van der Waals surface area contributed by atoms with Crippen LogP contribution >= 0.6 is 12.2 Å². The van der Waals surface area contributed by atoms with Crippen molar-refractivity contribution >= 4 is 34.8 Å². The van der Waals surface area contributed by atoms with E-state index < -0.39 is 6.09 Å². The second kappa shape index (κ2) is 7.92. The third-order valence-corrected chi connectivity index (χ3v) is 3.22. The van der Waals surface area contributed by atoms with E-state index in [1.54, 1.807) is 43.3 Å². The number of nitriles is 1. The number of amides is 1. The van der Waals surface area contributed by atoms with E-state index in [4.69, 9.17) is 22.2 Å². The molecule has 116 valence electrons. The van der Waals surface area contributed by atoms with Crippen LogP contribution in [0.4, 0.5) is 16.2 Å². The fourth-order valence-corrected chi connectivity index (χ4v) is 2.18. The van der Waals surface area contributed by atoms with Gasteiger partial charge >= 0.3 is 6.09 Å². The molecule has 1 N–H and O–H groups in total. The molecule has 0 aliphatic rings. The number of hydrogen-bond donors (Lipinski definition) is 1. The molecule has 2 rings (SSSR count). The van der Waals surface area contributed by atoms with Gasteiger partial charge in [-0.05, 0) is 55.5 Å². The Kier molecular flexibility index (Phi) is 5.67. The normalized spacial score (nSPS) is 9.57. The van der Waals surface area contributed by atoms with Gasteiger partial charge in [-0.3, -0.25) is 0 Å². The highest BCUT2D eigenvalue weighted by atomic mass is 32.1. The lowest BCUT2D eigenvalue weighted by atomic mass is 10.2. The highest BCUT2D eigenvalue weighted by Crippen LogP contribution is 2.17. The van der Waals surface area contributed by atoms with Crippen LogP contribution in [-0.2, 0) is 4.74 Å². The summed E-state index contributed by atoms with van der Waals surface area (Å²) < 4.78 is 5.07. The van der Waals surface area contributed by atoms with Crippen LogP contribution in [0, 0.1) is 11.3 Å². The summed E-state index contributed by atoms with van der Waals surface area (Å²) in [5, 5.41) is 12.0. The molecular formula is C17H15N3O2S. The minimum absolute atomic E-state index is 0.194. The molecule has 0 bridgehead atoms. The lowest BCUT2D eigenvalue weighted by Gasteiger charge is -2.23. The van der Waals surface area contributed by atoms with E-state index in [1.165, 1.54) is 4.90 Å². The van der Waals surface area contributed by atoms with Crippen molar-refractivity contribution in [2.75, 3.05) is 16.8 Å². The summed E-state index contributed by atoms with van der Waals surface area (Å²) >= 11 is 5.34. The Morgan fingerprint density at radius 2 is 1.87 bits per heavy atom. The van der Waals surface area contributed by atoms with Crippen LogP contribution in [0.3, 0.4) is 0 Å². The lowest BCUT2D eigenvalue weighted by molar-refractivity contribution is 0.163. The second-order valence-corrected chi connectivity index (χ2v) is 4.88. The number of hydrogen-bond acceptors (Lipinski definition) is 4. The summed E-state index contributed by atoms with van der Waals surface area (Å²) in [7, 11) is 0. The molecule has 0 fully saturated rings. The monoisotopic (exact) mass is 325 g/mol. The van der Waals surface area contributed by atoms with Gasteiger partial charge in [-0.2, -0.15) is 5.26 Å². The molecule has 2 aromatic rings. The predicted molar refractivity (Wildman–Crippen MR) is 93.3 cm³/mol. The van der Waals surface area contributed by atoms with Crippen molar-refractivity contribution in [3.05, 3.63) is 60.2 Å². The summed E-state index contributed by atoms with van der Waals surface area (Å²) in [6, 6.07) is 17.8. The Hall–Kier alpha value is -2.91. The molecule has 1 amide bonds. The molecule has 0 aromatic heterocycles. The minimum atomic E-state index is -0.551. The Morgan fingerprint density at radius 3 is 2.43 bits per heavy atom. The first-order chi connectivity index (χ1) is 11.2. The SMILES string of the molecule is CCOC(=O)N(C(=S)Nc1ccc(C#N)cc1)c1ccccc1. The molecule has 5 nitrogen and oxygen atoms in total. The van der Waals surface area contributed by atoms with Gasteiger partial charge in [-0.25, -0.2) is 9.69 Å². The van der Waals surface area contributed by atoms with Gasteiger partial charge in [0.05, 0.1) is 23.9 Å². The number of para-hydroxylation sites is 1. The van der Waals surface area contributed by atoms with Gasteiger partial charge in [-0.15, -0.1) is 0 Å². The average Bonchev–Trinajstić information content (AvgIpc) is 2.57. The molecule has 0 aliphatic carbocycles. The van der Waals surface area contributed by atoms with Crippen molar-refractivity contribution in [1.29, 1.82) is 5.26 Å². The van der Waals surface area contributed by atoms with Gasteiger partial charge in [0.2, 0.25) is 0 Å². The van der Waals surface area contributed by atoms with E-state index in [-0.39, 0.29) is 11.7 Å². The summed E-state index contributed by atoms with van der Waals surface area (Å²) in [5.41, 5.74) is 1.84. The zero-order valence-corrected chi connectivity index (χ0v) is 13.3. The summed E-state index contributed by atoms with van der Waals surface area (Å²) in [6.07, 6.45) is -0.551. The van der Waals surface area contributed by atoms with Crippen LogP contribution in [0.1, 0.15) is 12.5 Å². The summed E-state index contributed by atoms with van der Waals surface area (Å²) in [5.74, 6) is 0. The van der Waals surface area contributed by atoms with E-state index >= 15 is 0 Å². The van der Waals surface area contributed by atoms with Crippen molar-refractivity contribution in [3.8, 4) is 6.07 Å². The first kappa shape index (κ1) is 16.5. The number of nitrogens with zero attached hydrogens (tertiary/aromatic N) is 2. The van der Waals surface area contributed by atoms with Crippen molar-refractivity contribution in [3.63, 3.8) is 0 Å². The van der Waals surface area contributed by atoms with E-state index in [0.29, 0.717) is 16.9 Å². The number of ether oxygens (including phenoxy) is 1. The third kappa shape index (κ3) is 4.28. The maximum Gasteiger partial charge on any atom is 0.420 e. The molecule has 0 saturated carbocycles. The fraction of sp³-hybridized carbons (Fsp3) is 0.118. The quantitative estimate of drug-likeness (QED) is 0.867. The fourth-order valence-electron chi connectivity index (χ4n) is 1.88. The van der Waals surface area contributed by atoms with Gasteiger partial charge in [-0.1, -0.05) is 18.2 Å². The maximum absolute atomic E-state index is 12.2. The molecule has 2 aromatic carbocycles. The number of benzene rings is 2. The zero-order chi connectivity index (χ0) is 16.7. The Labute approximate surface area is 140 Å². The maximum atomic E-state index is 12.2. The largest absolute Gasteiger partial charge is 0.449 e. The van der Waals surface area contributed by atoms with Gasteiger partial charge in [0.15, 0.2) is 5.11 Å². The molecular weight excluding hydrogens is 310 g/mol. The Bertz CT molecular complexity index is 724. The number of carbonyl (C=O) groups is 1. The third-order valence-electron chi connectivity index (χ3n) is 2.93. The van der Waals surface area contributed by atoms with Crippen molar-refractivity contribution < 1.29 is 9.53 Å². The van der Waals surface area contributed by atoms with Gasteiger partial charge < -0.3 is 10.1 Å². The van der Waals surface area contributed by atoms with E-state index in [2.05, 4.69) is 5.32 Å². The Morgan fingerprint density at radius 1 is 1.22 bits per heavy atom. The molecule has 23 heavy (non-hydrogen) atoms. The first-order valence-electron chi connectivity index (χ1n) is 6.98. The standard InChI is InChI=1S/C17H15N3O2S/c1-2-22-17(21)20(15-6-4-3-5-7-15)16(23)19-14-10-8-13(12-18)9-11-14/h3-11H,2H2,1H3,(H,19,23). The van der Waals surface area contributed by atoms with E-state index in [0.717, 1.165) is 0 Å². The van der Waals surface area contributed by atoms with Gasteiger partial charge in [0.25, 0.3) is 0 Å². The zero-order valence-electron chi connectivity index (χ0n) is 12.5. The first-order valence-corrected chi connectivity index (χ1v) is 7.39. The van der Waals surface area contributed by atoms with Crippen LogP contribution in [0.5, 0.6) is 0 Å². The Balaban J connectivity index is 2.22. The smallest absolute Gasteiger partial charge is 0.420 e. The number of carbonyl (C=O) groups excluding carboxylic acids is 1. The molecule has 0 atom stereocenters. The van der Waals surface area contributed by atoms with Crippen LogP contribution in [0.2, 0.25) is 0 Å².